The van der Waals surface area contributed by atoms with E-state index in [9.17, 15) is 9.90 Å². The summed E-state index contributed by atoms with van der Waals surface area (Å²) >= 11 is 0. The third-order valence-corrected chi connectivity index (χ3v) is 2.49. The van der Waals surface area contributed by atoms with Crippen LogP contribution in [0.1, 0.15) is 13.8 Å². The molecule has 4 heteroatoms. The summed E-state index contributed by atoms with van der Waals surface area (Å²) in [5.74, 6) is 0.115. The van der Waals surface area contributed by atoms with Gasteiger partial charge in [0.05, 0.1) is 19.1 Å². The second-order valence-corrected chi connectivity index (χ2v) is 3.75. The molecule has 0 saturated heterocycles. The third-order valence-electron chi connectivity index (χ3n) is 2.49. The number of hydrogen-bond acceptors (Lipinski definition) is 3. The number of hydrogen-bond donors (Lipinski definition) is 2. The molecular weight excluding hydrogens is 206 g/mol. The molecule has 0 unspecified atom stereocenters. The zero-order valence-corrected chi connectivity index (χ0v) is 9.73. The average molecular weight is 223 g/mol. The number of carbonyl (C=O) groups is 1. The van der Waals surface area contributed by atoms with E-state index >= 15 is 0 Å². The van der Waals surface area contributed by atoms with Gasteiger partial charge in [-0.3, -0.25) is 4.79 Å². The number of carbonyl (C=O) groups excluding carboxylic acids is 1. The van der Waals surface area contributed by atoms with Crippen LogP contribution in [0, 0.1) is 5.92 Å². The van der Waals surface area contributed by atoms with Crippen molar-refractivity contribution in [3.8, 4) is 5.75 Å². The molecule has 1 rings (SSSR count). The molecule has 0 aromatic heterocycles. The molecule has 0 saturated carbocycles. The molecule has 0 bridgehead atoms. The largest absolute Gasteiger partial charge is 0.497 e. The molecule has 1 aromatic rings. The second-order valence-electron chi connectivity index (χ2n) is 3.75. The smallest absolute Gasteiger partial charge is 0.229 e. The molecule has 4 nitrogen and oxygen atoms in total. The van der Waals surface area contributed by atoms with Gasteiger partial charge < -0.3 is 15.2 Å². The molecule has 2 atom stereocenters. The van der Waals surface area contributed by atoms with Crippen LogP contribution >= 0.6 is 0 Å². The zero-order chi connectivity index (χ0) is 12.1. The number of aliphatic hydroxyl groups excluding tert-OH is 1. The number of ether oxygens (including phenoxy) is 1. The van der Waals surface area contributed by atoms with Crippen molar-refractivity contribution < 1.29 is 14.6 Å². The highest BCUT2D eigenvalue weighted by atomic mass is 16.5. The monoisotopic (exact) mass is 223 g/mol. The molecule has 16 heavy (non-hydrogen) atoms. The van der Waals surface area contributed by atoms with Crippen molar-refractivity contribution in [3.05, 3.63) is 24.3 Å². The van der Waals surface area contributed by atoms with Crippen LogP contribution in [0.15, 0.2) is 24.3 Å². The van der Waals surface area contributed by atoms with Gasteiger partial charge in [0.1, 0.15) is 5.75 Å². The predicted octanol–water partition coefficient (Wildman–Crippen LogP) is 1.65. The summed E-state index contributed by atoms with van der Waals surface area (Å²) < 4.78 is 5.01. The fourth-order valence-electron chi connectivity index (χ4n) is 1.15. The van der Waals surface area contributed by atoms with E-state index in [1.807, 2.05) is 0 Å². The maximum atomic E-state index is 11.6. The van der Waals surface area contributed by atoms with Gasteiger partial charge in [0.15, 0.2) is 0 Å². The van der Waals surface area contributed by atoms with E-state index in [0.717, 1.165) is 5.75 Å². The van der Waals surface area contributed by atoms with Crippen molar-refractivity contribution in [2.45, 2.75) is 20.0 Å². The number of rotatable bonds is 4. The minimum absolute atomic E-state index is 0.194. The van der Waals surface area contributed by atoms with Crippen molar-refractivity contribution in [1.82, 2.24) is 0 Å². The molecular formula is C12H17NO3. The number of benzene rings is 1. The summed E-state index contributed by atoms with van der Waals surface area (Å²) in [5.41, 5.74) is 0.693. The summed E-state index contributed by atoms with van der Waals surface area (Å²) in [6, 6.07) is 7.04. The topological polar surface area (TPSA) is 58.6 Å². The number of methoxy groups -OCH3 is 1. The van der Waals surface area contributed by atoms with Crippen LogP contribution in [0.5, 0.6) is 5.75 Å². The molecule has 0 aliphatic heterocycles. The quantitative estimate of drug-likeness (QED) is 0.816. The molecule has 0 spiro atoms. The molecule has 0 heterocycles. The van der Waals surface area contributed by atoms with Crippen LogP contribution in [0.3, 0.4) is 0 Å². The zero-order valence-electron chi connectivity index (χ0n) is 9.73. The Kier molecular flexibility index (Phi) is 4.31. The first-order chi connectivity index (χ1) is 7.54. The van der Waals surface area contributed by atoms with Crippen molar-refractivity contribution in [1.29, 1.82) is 0 Å². The minimum atomic E-state index is -0.654. The molecule has 0 radical (unpaired) electrons. The van der Waals surface area contributed by atoms with Crippen LogP contribution in [-0.2, 0) is 4.79 Å². The van der Waals surface area contributed by atoms with Crippen LogP contribution < -0.4 is 10.1 Å². The van der Waals surface area contributed by atoms with Gasteiger partial charge in [-0.15, -0.1) is 0 Å². The first-order valence-corrected chi connectivity index (χ1v) is 5.17. The first-order valence-electron chi connectivity index (χ1n) is 5.17. The summed E-state index contributed by atoms with van der Waals surface area (Å²) in [5, 5.41) is 12.0. The summed E-state index contributed by atoms with van der Waals surface area (Å²) in [6.45, 7) is 3.28. The molecule has 0 fully saturated rings. The third kappa shape index (κ3) is 3.24. The lowest BCUT2D eigenvalue weighted by Crippen LogP contribution is -2.28. The van der Waals surface area contributed by atoms with E-state index in [1.54, 1.807) is 45.2 Å². The first kappa shape index (κ1) is 12.5. The lowest BCUT2D eigenvalue weighted by atomic mass is 10.1. The van der Waals surface area contributed by atoms with Gasteiger partial charge >= 0.3 is 0 Å². The second kappa shape index (κ2) is 5.51. The standard InChI is InChI=1S/C12H17NO3/c1-8(9(2)14)12(15)13-10-4-6-11(16-3)7-5-10/h4-9,14H,1-3H3,(H,13,15)/t8-,9+/m1/s1. The molecule has 1 amide bonds. The molecule has 88 valence electrons. The van der Waals surface area contributed by atoms with E-state index in [2.05, 4.69) is 5.32 Å². The molecule has 0 aliphatic rings. The van der Waals surface area contributed by atoms with Gasteiger partial charge in [-0.1, -0.05) is 6.92 Å². The molecule has 0 aliphatic carbocycles. The fraction of sp³-hybridized carbons (Fsp3) is 0.417. The van der Waals surface area contributed by atoms with Crippen LogP contribution in [0.4, 0.5) is 5.69 Å². The van der Waals surface area contributed by atoms with Crippen molar-refractivity contribution >= 4 is 11.6 Å². The summed E-state index contributed by atoms with van der Waals surface area (Å²) in [4.78, 5) is 11.6. The van der Waals surface area contributed by atoms with Crippen molar-refractivity contribution in [2.24, 2.45) is 5.92 Å². The Morgan fingerprint density at radius 3 is 2.31 bits per heavy atom. The number of nitrogens with one attached hydrogen (secondary N) is 1. The van der Waals surface area contributed by atoms with E-state index in [-0.39, 0.29) is 5.91 Å². The Hall–Kier alpha value is -1.55. The molecule has 2 N–H and O–H groups in total. The lowest BCUT2D eigenvalue weighted by molar-refractivity contribution is -0.122. The van der Waals surface area contributed by atoms with E-state index in [0.29, 0.717) is 5.69 Å². The summed E-state index contributed by atoms with van der Waals surface area (Å²) in [6.07, 6.45) is -0.654. The highest BCUT2D eigenvalue weighted by Gasteiger charge is 2.17. The van der Waals surface area contributed by atoms with Crippen LogP contribution in [0.25, 0.3) is 0 Å². The van der Waals surface area contributed by atoms with E-state index < -0.39 is 12.0 Å². The number of aliphatic hydroxyl groups is 1. The number of amides is 1. The molecule has 1 aromatic carbocycles. The predicted molar refractivity (Wildman–Crippen MR) is 62.5 cm³/mol. The Labute approximate surface area is 95.2 Å². The van der Waals surface area contributed by atoms with Gasteiger partial charge in [0, 0.05) is 5.69 Å². The average Bonchev–Trinajstić information content (AvgIpc) is 2.28. The maximum absolute atomic E-state index is 11.6. The van der Waals surface area contributed by atoms with Crippen molar-refractivity contribution in [3.63, 3.8) is 0 Å². The Bertz CT molecular complexity index is 346. The minimum Gasteiger partial charge on any atom is -0.497 e. The van der Waals surface area contributed by atoms with Crippen molar-refractivity contribution in [2.75, 3.05) is 12.4 Å². The Morgan fingerprint density at radius 2 is 1.88 bits per heavy atom. The van der Waals surface area contributed by atoms with Crippen LogP contribution in [0.2, 0.25) is 0 Å². The van der Waals surface area contributed by atoms with Gasteiger partial charge in [-0.25, -0.2) is 0 Å². The van der Waals surface area contributed by atoms with Crippen LogP contribution in [-0.4, -0.2) is 24.2 Å². The Balaban J connectivity index is 2.62. The SMILES string of the molecule is COc1ccc(NC(=O)[C@H](C)[C@H](C)O)cc1. The number of anilines is 1. The van der Waals surface area contributed by atoms with E-state index in [4.69, 9.17) is 4.74 Å². The van der Waals surface area contributed by atoms with Gasteiger partial charge in [0.25, 0.3) is 0 Å². The fourth-order valence-corrected chi connectivity index (χ4v) is 1.15. The highest BCUT2D eigenvalue weighted by molar-refractivity contribution is 5.92. The Morgan fingerprint density at radius 1 is 1.31 bits per heavy atom. The van der Waals surface area contributed by atoms with Gasteiger partial charge in [-0.2, -0.15) is 0 Å². The van der Waals surface area contributed by atoms with Gasteiger partial charge in [-0.05, 0) is 31.2 Å². The lowest BCUT2D eigenvalue weighted by Gasteiger charge is -2.14. The maximum Gasteiger partial charge on any atom is 0.229 e. The van der Waals surface area contributed by atoms with E-state index in [1.165, 1.54) is 0 Å². The van der Waals surface area contributed by atoms with Gasteiger partial charge in [0.2, 0.25) is 5.91 Å². The normalized spacial score (nSPS) is 14.0. The summed E-state index contributed by atoms with van der Waals surface area (Å²) in [7, 11) is 1.59. The highest BCUT2D eigenvalue weighted by Crippen LogP contribution is 2.16.